The van der Waals surface area contributed by atoms with Gasteiger partial charge < -0.3 is 4.89 Å². The maximum atomic E-state index is 10.2. The molecule has 0 heterocycles. The van der Waals surface area contributed by atoms with Crippen molar-refractivity contribution in [1.82, 2.24) is 0 Å². The third-order valence-electron chi connectivity index (χ3n) is 1.06. The molecule has 0 aromatic heterocycles. The van der Waals surface area contributed by atoms with Crippen LogP contribution in [0.2, 0.25) is 0 Å². The average Bonchev–Trinajstić information content (AvgIpc) is 1.86. The van der Waals surface area contributed by atoms with Crippen LogP contribution in [0.15, 0.2) is 0 Å². The van der Waals surface area contributed by atoms with E-state index in [1.54, 1.807) is 6.92 Å². The minimum Gasteiger partial charge on any atom is -0.326 e. The topological polar surface area (TPSA) is 46.5 Å². The second-order valence-corrected chi connectivity index (χ2v) is 4.28. The zero-order chi connectivity index (χ0) is 9.07. The van der Waals surface area contributed by atoms with Gasteiger partial charge in [0.25, 0.3) is 0 Å². The SMILES string of the molecule is CCC(Cl)(O[PH](=O)O)C(Cl)Cl. The van der Waals surface area contributed by atoms with Gasteiger partial charge in [0.15, 0.2) is 9.90 Å². The second-order valence-electron chi connectivity index (χ2n) is 1.81. The highest BCUT2D eigenvalue weighted by molar-refractivity contribution is 7.32. The van der Waals surface area contributed by atoms with Crippen molar-refractivity contribution in [1.29, 1.82) is 0 Å². The molecule has 0 aliphatic heterocycles. The number of alkyl halides is 3. The first-order valence-electron chi connectivity index (χ1n) is 2.81. The van der Waals surface area contributed by atoms with Gasteiger partial charge in [-0.3, -0.25) is 9.09 Å². The van der Waals surface area contributed by atoms with Gasteiger partial charge in [0.1, 0.15) is 0 Å². The molecule has 0 saturated carbocycles. The number of hydrogen-bond donors (Lipinski definition) is 1. The molecule has 0 aliphatic carbocycles. The monoisotopic (exact) mass is 240 g/mol. The maximum absolute atomic E-state index is 10.2. The van der Waals surface area contributed by atoms with Crippen LogP contribution in [0.1, 0.15) is 13.3 Å². The molecule has 0 amide bonds. The van der Waals surface area contributed by atoms with Crippen LogP contribution in [-0.4, -0.2) is 14.8 Å². The third kappa shape index (κ3) is 3.97. The molecule has 0 saturated heterocycles. The molecule has 1 N–H and O–H groups in total. The third-order valence-corrected chi connectivity index (χ3v) is 3.22. The fraction of sp³-hybridized carbons (Fsp3) is 1.00. The Morgan fingerprint density at radius 2 is 2.18 bits per heavy atom. The first-order valence-corrected chi connectivity index (χ1v) is 5.33. The lowest BCUT2D eigenvalue weighted by atomic mass is 10.3. The molecule has 2 atom stereocenters. The quantitative estimate of drug-likeness (QED) is 0.608. The van der Waals surface area contributed by atoms with Crippen molar-refractivity contribution in [3.8, 4) is 0 Å². The molecule has 68 valence electrons. The van der Waals surface area contributed by atoms with Crippen LogP contribution in [0.4, 0.5) is 0 Å². The molecule has 11 heavy (non-hydrogen) atoms. The van der Waals surface area contributed by atoms with E-state index in [1.807, 2.05) is 0 Å². The molecular weight excluding hydrogens is 233 g/mol. The average molecular weight is 241 g/mol. The Hall–Kier alpha value is 1.02. The van der Waals surface area contributed by atoms with Crippen molar-refractivity contribution in [2.75, 3.05) is 0 Å². The predicted octanol–water partition coefficient (Wildman–Crippen LogP) is 2.53. The molecule has 0 aromatic carbocycles. The van der Waals surface area contributed by atoms with Crippen molar-refractivity contribution in [2.45, 2.75) is 23.2 Å². The summed E-state index contributed by atoms with van der Waals surface area (Å²) in [4.78, 5) is 7.36. The van der Waals surface area contributed by atoms with Gasteiger partial charge in [-0.25, -0.2) is 0 Å². The summed E-state index contributed by atoms with van der Waals surface area (Å²) in [6.45, 7) is 1.65. The smallest absolute Gasteiger partial charge is 0.318 e. The maximum Gasteiger partial charge on any atom is 0.318 e. The lowest BCUT2D eigenvalue weighted by Crippen LogP contribution is -2.29. The molecule has 2 unspecified atom stereocenters. The Labute approximate surface area is 80.5 Å². The molecule has 7 heteroatoms. The van der Waals surface area contributed by atoms with Crippen LogP contribution >= 0.6 is 43.1 Å². The van der Waals surface area contributed by atoms with Crippen LogP contribution in [0.5, 0.6) is 0 Å². The van der Waals surface area contributed by atoms with Gasteiger partial charge in [-0.1, -0.05) is 18.5 Å². The lowest BCUT2D eigenvalue weighted by molar-refractivity contribution is 0.157. The molecule has 0 radical (unpaired) electrons. The standard InChI is InChI=1S/C4H8Cl3O3P/c1-2-4(7,3(5)6)10-11(8)9/h3,11H,2H2,1H3,(H,8,9). The van der Waals surface area contributed by atoms with Crippen LogP contribution in [0, 0.1) is 0 Å². The van der Waals surface area contributed by atoms with Crippen LogP contribution in [0.3, 0.4) is 0 Å². The predicted molar refractivity (Wildman–Crippen MR) is 46.7 cm³/mol. The van der Waals surface area contributed by atoms with E-state index in [-0.39, 0.29) is 6.42 Å². The Bertz CT molecular complexity index is 154. The molecule has 0 fully saturated rings. The summed E-state index contributed by atoms with van der Waals surface area (Å²) in [5.74, 6) is 0. The minimum atomic E-state index is -3.10. The molecule has 0 bridgehead atoms. The summed E-state index contributed by atoms with van der Waals surface area (Å²) >= 11 is 16.4. The molecule has 0 rings (SSSR count). The Morgan fingerprint density at radius 1 is 1.73 bits per heavy atom. The molecule has 0 aromatic rings. The van der Waals surface area contributed by atoms with E-state index in [0.717, 1.165) is 0 Å². The van der Waals surface area contributed by atoms with Gasteiger partial charge in [0, 0.05) is 0 Å². The highest BCUT2D eigenvalue weighted by atomic mass is 35.5. The van der Waals surface area contributed by atoms with Crippen LogP contribution in [-0.2, 0) is 9.09 Å². The van der Waals surface area contributed by atoms with E-state index < -0.39 is 18.2 Å². The normalized spacial score (nSPS) is 19.8. The van der Waals surface area contributed by atoms with E-state index in [0.29, 0.717) is 0 Å². The van der Waals surface area contributed by atoms with Gasteiger partial charge in [-0.05, 0) is 6.42 Å². The number of hydrogen-bond acceptors (Lipinski definition) is 2. The first-order chi connectivity index (χ1) is 4.92. The summed E-state index contributed by atoms with van der Waals surface area (Å²) in [5, 5.41) is -1.45. The Morgan fingerprint density at radius 3 is 2.27 bits per heavy atom. The second kappa shape index (κ2) is 4.90. The van der Waals surface area contributed by atoms with Gasteiger partial charge in [0.05, 0.1) is 0 Å². The zero-order valence-electron chi connectivity index (χ0n) is 5.68. The van der Waals surface area contributed by atoms with Crippen molar-refractivity contribution in [3.63, 3.8) is 0 Å². The first kappa shape index (κ1) is 12.0. The number of halogens is 3. The highest BCUT2D eigenvalue weighted by Crippen LogP contribution is 2.39. The van der Waals surface area contributed by atoms with Gasteiger partial charge in [-0.2, -0.15) is 0 Å². The van der Waals surface area contributed by atoms with E-state index in [2.05, 4.69) is 4.52 Å². The van der Waals surface area contributed by atoms with Gasteiger partial charge in [0.2, 0.25) is 0 Å². The largest absolute Gasteiger partial charge is 0.326 e. The van der Waals surface area contributed by atoms with E-state index in [9.17, 15) is 4.57 Å². The van der Waals surface area contributed by atoms with Crippen LogP contribution in [0.25, 0.3) is 0 Å². The van der Waals surface area contributed by atoms with Crippen molar-refractivity contribution >= 4 is 43.1 Å². The molecule has 0 spiro atoms. The van der Waals surface area contributed by atoms with E-state index in [1.165, 1.54) is 0 Å². The summed E-state index contributed by atoms with van der Waals surface area (Å²) in [5.41, 5.74) is 0. The van der Waals surface area contributed by atoms with Gasteiger partial charge >= 0.3 is 8.25 Å². The molecular formula is C4H8Cl3O3P. The van der Waals surface area contributed by atoms with Gasteiger partial charge in [-0.15, -0.1) is 23.2 Å². The fourth-order valence-electron chi connectivity index (χ4n) is 0.416. The summed E-state index contributed by atoms with van der Waals surface area (Å²) in [6.07, 6.45) is 0.253. The molecule has 3 nitrogen and oxygen atoms in total. The summed E-state index contributed by atoms with van der Waals surface area (Å²) in [6, 6.07) is 0. The highest BCUT2D eigenvalue weighted by Gasteiger charge is 2.35. The van der Waals surface area contributed by atoms with Crippen molar-refractivity contribution in [3.05, 3.63) is 0 Å². The van der Waals surface area contributed by atoms with Crippen molar-refractivity contribution in [2.24, 2.45) is 0 Å². The van der Waals surface area contributed by atoms with E-state index in [4.69, 9.17) is 39.7 Å². The van der Waals surface area contributed by atoms with E-state index >= 15 is 0 Å². The Balaban J connectivity index is 4.22. The summed E-state index contributed by atoms with van der Waals surface area (Å²) in [7, 11) is -3.10. The Kier molecular flexibility index (Phi) is 5.36. The number of rotatable bonds is 4. The minimum absolute atomic E-state index is 0.253. The molecule has 0 aliphatic rings. The van der Waals surface area contributed by atoms with Crippen LogP contribution < -0.4 is 0 Å². The van der Waals surface area contributed by atoms with Crippen molar-refractivity contribution < 1.29 is 14.0 Å². The summed E-state index contributed by atoms with van der Waals surface area (Å²) < 4.78 is 14.7. The lowest BCUT2D eigenvalue weighted by Gasteiger charge is -2.24. The fourth-order valence-corrected chi connectivity index (χ4v) is 1.71. The zero-order valence-corrected chi connectivity index (χ0v) is 8.95.